The molecule has 0 radical (unpaired) electrons. The molecule has 0 aromatic carbocycles. The molecule has 0 saturated heterocycles. The first kappa shape index (κ1) is 9.66. The molecule has 70 valence electrons. The molecule has 1 aromatic rings. The van der Waals surface area contributed by atoms with E-state index in [0.29, 0.717) is 5.01 Å². The molecule has 2 N–H and O–H groups in total. The predicted molar refractivity (Wildman–Crippen MR) is 47.1 cm³/mol. The van der Waals surface area contributed by atoms with E-state index in [1.807, 2.05) is 0 Å². The van der Waals surface area contributed by atoms with Crippen LogP contribution in [0.25, 0.3) is 0 Å². The van der Waals surface area contributed by atoms with Crippen LogP contribution in [0.1, 0.15) is 16.2 Å². The van der Waals surface area contributed by atoms with Crippen molar-refractivity contribution in [3.05, 3.63) is 16.6 Å². The number of Topliss-reactive ketones (excluding diaryl/α,β-unsaturated/α-hetero) is 1. The monoisotopic (exact) mass is 200 g/mol. The second kappa shape index (κ2) is 4.56. The lowest BCUT2D eigenvalue weighted by atomic mass is 10.3. The maximum atomic E-state index is 11.2. The number of hydrogen-bond donors (Lipinski definition) is 2. The van der Waals surface area contributed by atoms with Crippen molar-refractivity contribution in [2.45, 2.75) is 6.42 Å². The fraction of sp³-hybridized carbons (Fsp3) is 0.286. The van der Waals surface area contributed by atoms with E-state index < -0.39 is 6.09 Å². The number of hydrogen-bond acceptors (Lipinski definition) is 4. The van der Waals surface area contributed by atoms with Gasteiger partial charge in [-0.2, -0.15) is 0 Å². The Bertz CT molecular complexity index is 297. The van der Waals surface area contributed by atoms with E-state index in [2.05, 4.69) is 10.3 Å². The summed E-state index contributed by atoms with van der Waals surface area (Å²) in [4.78, 5) is 25.0. The van der Waals surface area contributed by atoms with Crippen LogP contribution in [0.15, 0.2) is 11.6 Å². The van der Waals surface area contributed by atoms with E-state index in [9.17, 15) is 9.59 Å². The average molecular weight is 200 g/mol. The lowest BCUT2D eigenvalue weighted by molar-refractivity contribution is 0.0982. The fourth-order valence-corrected chi connectivity index (χ4v) is 1.36. The van der Waals surface area contributed by atoms with Crippen molar-refractivity contribution in [3.8, 4) is 0 Å². The Labute approximate surface area is 78.4 Å². The number of carbonyl (C=O) groups excluding carboxylic acids is 1. The number of amides is 1. The predicted octanol–water partition coefficient (Wildman–Crippen LogP) is 0.983. The smallest absolute Gasteiger partial charge is 0.404 e. The highest BCUT2D eigenvalue weighted by molar-refractivity contribution is 7.11. The highest BCUT2D eigenvalue weighted by atomic mass is 32.1. The first-order valence-electron chi connectivity index (χ1n) is 3.59. The number of ketones is 1. The summed E-state index contributed by atoms with van der Waals surface area (Å²) < 4.78 is 0. The third-order valence-electron chi connectivity index (χ3n) is 1.30. The summed E-state index contributed by atoms with van der Waals surface area (Å²) >= 11 is 1.25. The largest absolute Gasteiger partial charge is 0.465 e. The van der Waals surface area contributed by atoms with Crippen LogP contribution >= 0.6 is 11.3 Å². The third-order valence-corrected chi connectivity index (χ3v) is 2.11. The van der Waals surface area contributed by atoms with Crippen LogP contribution in [0, 0.1) is 0 Å². The van der Waals surface area contributed by atoms with Crippen molar-refractivity contribution in [2.24, 2.45) is 0 Å². The topological polar surface area (TPSA) is 79.3 Å². The quantitative estimate of drug-likeness (QED) is 0.710. The molecule has 0 saturated carbocycles. The first-order chi connectivity index (χ1) is 6.20. The van der Waals surface area contributed by atoms with E-state index in [-0.39, 0.29) is 18.7 Å². The van der Waals surface area contributed by atoms with Gasteiger partial charge in [0.2, 0.25) is 0 Å². The molecule has 0 fully saturated rings. The summed E-state index contributed by atoms with van der Waals surface area (Å²) in [5.74, 6) is -0.135. The van der Waals surface area contributed by atoms with E-state index in [4.69, 9.17) is 5.11 Å². The molecule has 6 heteroatoms. The van der Waals surface area contributed by atoms with Gasteiger partial charge in [0.25, 0.3) is 0 Å². The summed E-state index contributed by atoms with van der Waals surface area (Å²) in [6.07, 6.45) is 0.578. The van der Waals surface area contributed by atoms with Gasteiger partial charge in [-0.15, -0.1) is 11.3 Å². The number of nitrogens with zero attached hydrogens (tertiary/aromatic N) is 1. The summed E-state index contributed by atoms with van der Waals surface area (Å²) in [5.41, 5.74) is 0. The zero-order valence-corrected chi connectivity index (χ0v) is 7.50. The minimum absolute atomic E-state index is 0.133. The summed E-state index contributed by atoms with van der Waals surface area (Å²) in [6.45, 7) is 0.133. The SMILES string of the molecule is O=C(O)NCCC(=O)c1nccs1. The molecular weight excluding hydrogens is 192 g/mol. The first-order valence-corrected chi connectivity index (χ1v) is 4.47. The van der Waals surface area contributed by atoms with Gasteiger partial charge in [0.05, 0.1) is 0 Å². The van der Waals surface area contributed by atoms with E-state index in [1.165, 1.54) is 11.3 Å². The fourth-order valence-electron chi connectivity index (χ4n) is 0.751. The van der Waals surface area contributed by atoms with Gasteiger partial charge in [-0.05, 0) is 0 Å². The van der Waals surface area contributed by atoms with Gasteiger partial charge in [0.1, 0.15) is 0 Å². The van der Waals surface area contributed by atoms with Gasteiger partial charge in [0.15, 0.2) is 10.8 Å². The van der Waals surface area contributed by atoms with Crippen LogP contribution in [0.4, 0.5) is 4.79 Å². The van der Waals surface area contributed by atoms with Crippen molar-refractivity contribution >= 4 is 23.2 Å². The molecule has 5 nitrogen and oxygen atoms in total. The average Bonchev–Trinajstić information content (AvgIpc) is 2.55. The highest BCUT2D eigenvalue weighted by Crippen LogP contribution is 2.06. The van der Waals surface area contributed by atoms with E-state index in [0.717, 1.165) is 0 Å². The number of nitrogens with one attached hydrogen (secondary N) is 1. The third kappa shape index (κ3) is 3.20. The van der Waals surface area contributed by atoms with Crippen molar-refractivity contribution in [3.63, 3.8) is 0 Å². The van der Waals surface area contributed by atoms with E-state index >= 15 is 0 Å². The Kier molecular flexibility index (Phi) is 3.39. The maximum Gasteiger partial charge on any atom is 0.404 e. The molecule has 0 unspecified atom stereocenters. The standard InChI is InChI=1S/C7H8N2O3S/c10-5(1-2-9-7(11)12)6-8-3-4-13-6/h3-4,9H,1-2H2,(H,11,12). The summed E-state index contributed by atoms with van der Waals surface area (Å²) in [5, 5.41) is 12.5. The van der Waals surface area contributed by atoms with Gasteiger partial charge in [-0.1, -0.05) is 0 Å². The van der Waals surface area contributed by atoms with Crippen LogP contribution in [-0.4, -0.2) is 28.5 Å². The molecule has 0 aliphatic rings. The molecule has 1 rings (SSSR count). The van der Waals surface area contributed by atoms with Gasteiger partial charge in [-0.3, -0.25) is 4.79 Å². The second-order valence-corrected chi connectivity index (χ2v) is 3.14. The van der Waals surface area contributed by atoms with Crippen molar-refractivity contribution in [1.82, 2.24) is 10.3 Å². The lowest BCUT2D eigenvalue weighted by Gasteiger charge is -1.97. The summed E-state index contributed by atoms with van der Waals surface area (Å²) in [7, 11) is 0. The Morgan fingerprint density at radius 3 is 2.92 bits per heavy atom. The van der Waals surface area contributed by atoms with Gasteiger partial charge >= 0.3 is 6.09 Å². The van der Waals surface area contributed by atoms with Gasteiger partial charge < -0.3 is 10.4 Å². The molecule has 0 atom stereocenters. The van der Waals surface area contributed by atoms with E-state index in [1.54, 1.807) is 11.6 Å². The van der Waals surface area contributed by atoms with Crippen molar-refractivity contribution in [1.29, 1.82) is 0 Å². The van der Waals surface area contributed by atoms with Crippen molar-refractivity contribution < 1.29 is 14.7 Å². The molecule has 1 aromatic heterocycles. The number of aromatic nitrogens is 1. The number of carbonyl (C=O) groups is 2. The van der Waals surface area contributed by atoms with Gasteiger partial charge in [0, 0.05) is 24.5 Å². The Morgan fingerprint density at radius 2 is 2.38 bits per heavy atom. The molecule has 0 aliphatic carbocycles. The Balaban J connectivity index is 2.31. The Morgan fingerprint density at radius 1 is 1.62 bits per heavy atom. The minimum atomic E-state index is -1.12. The number of thiazole rings is 1. The van der Waals surface area contributed by atoms with Gasteiger partial charge in [-0.25, -0.2) is 9.78 Å². The molecule has 1 amide bonds. The molecule has 0 aliphatic heterocycles. The zero-order chi connectivity index (χ0) is 9.68. The minimum Gasteiger partial charge on any atom is -0.465 e. The van der Waals surface area contributed by atoms with Crippen LogP contribution in [0.2, 0.25) is 0 Å². The maximum absolute atomic E-state index is 11.2. The molecule has 0 bridgehead atoms. The van der Waals surface area contributed by atoms with Crippen LogP contribution < -0.4 is 5.32 Å². The lowest BCUT2D eigenvalue weighted by Crippen LogP contribution is -2.23. The number of carboxylic acid groups (broad SMARTS) is 1. The Hall–Kier alpha value is -1.43. The highest BCUT2D eigenvalue weighted by Gasteiger charge is 2.07. The molecular formula is C7H8N2O3S. The second-order valence-electron chi connectivity index (χ2n) is 2.24. The summed E-state index contributed by atoms with van der Waals surface area (Å²) in [6, 6.07) is 0. The molecule has 13 heavy (non-hydrogen) atoms. The normalized spacial score (nSPS) is 9.54. The molecule has 1 heterocycles. The zero-order valence-electron chi connectivity index (χ0n) is 6.69. The molecule has 0 spiro atoms. The van der Waals surface area contributed by atoms with Crippen LogP contribution in [0.3, 0.4) is 0 Å². The number of rotatable bonds is 4. The van der Waals surface area contributed by atoms with Crippen LogP contribution in [-0.2, 0) is 0 Å². The van der Waals surface area contributed by atoms with Crippen molar-refractivity contribution in [2.75, 3.05) is 6.54 Å². The van der Waals surface area contributed by atoms with Crippen LogP contribution in [0.5, 0.6) is 0 Å².